The van der Waals surface area contributed by atoms with Crippen LogP contribution in [0, 0.1) is 0 Å². The zero-order valence-corrected chi connectivity index (χ0v) is 12.5. The minimum Gasteiger partial charge on any atom is -0.322 e. The van der Waals surface area contributed by atoms with Crippen molar-refractivity contribution in [1.29, 1.82) is 0 Å². The minimum atomic E-state index is -4.66. The molecular weight excluding hydrogens is 336 g/mol. The van der Waals surface area contributed by atoms with Crippen LogP contribution in [0.25, 0.3) is 0 Å². The molecule has 0 saturated carbocycles. The number of benzene rings is 2. The third kappa shape index (κ3) is 3.61. The lowest BCUT2D eigenvalue weighted by Crippen LogP contribution is -2.14. The van der Waals surface area contributed by atoms with Crippen molar-refractivity contribution >= 4 is 33.0 Å². The molecule has 0 radical (unpaired) electrons. The van der Waals surface area contributed by atoms with Crippen molar-refractivity contribution in [2.45, 2.75) is 10.7 Å². The van der Waals surface area contributed by atoms with Gasteiger partial charge in [-0.05, 0) is 48.5 Å². The normalized spacial score (nSPS) is 11.5. The number of sulfone groups is 1. The van der Waals surface area contributed by atoms with Crippen LogP contribution in [0.1, 0.15) is 10.4 Å². The molecule has 8 heteroatoms. The number of carbonyl (C=O) groups is 1. The number of hydrogen-bond acceptors (Lipinski definition) is 3. The molecule has 2 rings (SSSR count). The molecule has 22 heavy (non-hydrogen) atoms. The molecule has 0 aliphatic rings. The van der Waals surface area contributed by atoms with Crippen LogP contribution in [-0.4, -0.2) is 20.1 Å². The Labute approximate surface area is 130 Å². The molecule has 1 amide bonds. The maximum atomic E-state index is 12.4. The van der Waals surface area contributed by atoms with Crippen LogP contribution in [0.4, 0.5) is 14.5 Å². The first kappa shape index (κ1) is 16.4. The van der Waals surface area contributed by atoms with Gasteiger partial charge in [0.15, 0.2) is 0 Å². The van der Waals surface area contributed by atoms with Crippen LogP contribution in [0.5, 0.6) is 0 Å². The first-order valence-electron chi connectivity index (χ1n) is 6.00. The van der Waals surface area contributed by atoms with Gasteiger partial charge in [-0.25, -0.2) is 8.42 Å². The Morgan fingerprint density at radius 2 is 1.55 bits per heavy atom. The number of amides is 1. The monoisotopic (exact) mass is 345 g/mol. The quantitative estimate of drug-likeness (QED) is 0.921. The van der Waals surface area contributed by atoms with Crippen molar-refractivity contribution in [2.24, 2.45) is 0 Å². The first-order valence-corrected chi connectivity index (χ1v) is 7.92. The maximum absolute atomic E-state index is 12.4. The second kappa shape index (κ2) is 6.41. The molecule has 0 atom stereocenters. The van der Waals surface area contributed by atoms with E-state index in [0.717, 1.165) is 12.1 Å². The van der Waals surface area contributed by atoms with E-state index in [-0.39, 0.29) is 5.56 Å². The fraction of sp³-hybridized carbons (Fsp3) is 0.0714. The number of alkyl halides is 2. The first-order chi connectivity index (χ1) is 10.3. The number of carbonyl (C=O) groups excluding carboxylic acids is 1. The molecular formula is C14H10ClF2NO3S. The molecule has 0 spiro atoms. The van der Waals surface area contributed by atoms with Gasteiger partial charge in [-0.2, -0.15) is 8.78 Å². The van der Waals surface area contributed by atoms with Gasteiger partial charge in [-0.1, -0.05) is 11.6 Å². The fourth-order valence-corrected chi connectivity index (χ4v) is 2.48. The molecule has 1 N–H and O–H groups in total. The molecule has 0 fully saturated rings. The van der Waals surface area contributed by atoms with Crippen LogP contribution in [0.15, 0.2) is 53.4 Å². The minimum absolute atomic E-state index is 0.142. The van der Waals surface area contributed by atoms with E-state index in [1.165, 1.54) is 12.1 Å². The molecule has 116 valence electrons. The highest BCUT2D eigenvalue weighted by Gasteiger charge is 2.26. The number of nitrogens with one attached hydrogen (secondary N) is 1. The van der Waals surface area contributed by atoms with E-state index in [9.17, 15) is 22.0 Å². The molecule has 0 bridgehead atoms. The van der Waals surface area contributed by atoms with Crippen LogP contribution in [-0.2, 0) is 9.84 Å². The third-order valence-corrected chi connectivity index (χ3v) is 4.43. The highest BCUT2D eigenvalue weighted by molar-refractivity contribution is 7.91. The van der Waals surface area contributed by atoms with Gasteiger partial charge in [0.1, 0.15) is 0 Å². The van der Waals surface area contributed by atoms with Gasteiger partial charge in [-0.3, -0.25) is 4.79 Å². The van der Waals surface area contributed by atoms with Crippen LogP contribution in [0.3, 0.4) is 0 Å². The highest BCUT2D eigenvalue weighted by Crippen LogP contribution is 2.19. The fourth-order valence-electron chi connectivity index (χ4n) is 1.64. The van der Waals surface area contributed by atoms with Crippen molar-refractivity contribution in [2.75, 3.05) is 5.32 Å². The predicted molar refractivity (Wildman–Crippen MR) is 79.0 cm³/mol. The van der Waals surface area contributed by atoms with Gasteiger partial charge in [0.05, 0.1) is 4.90 Å². The molecule has 2 aromatic rings. The van der Waals surface area contributed by atoms with Crippen LogP contribution >= 0.6 is 11.6 Å². The molecule has 0 heterocycles. The molecule has 0 saturated heterocycles. The predicted octanol–water partition coefficient (Wildman–Crippen LogP) is 3.59. The van der Waals surface area contributed by atoms with Gasteiger partial charge >= 0.3 is 5.76 Å². The van der Waals surface area contributed by atoms with E-state index < -0.39 is 26.4 Å². The van der Waals surface area contributed by atoms with Crippen LogP contribution in [0.2, 0.25) is 5.02 Å². The second-order valence-corrected chi connectivity index (χ2v) is 6.65. The van der Waals surface area contributed by atoms with E-state index in [2.05, 4.69) is 5.32 Å². The lowest BCUT2D eigenvalue weighted by atomic mass is 10.2. The van der Waals surface area contributed by atoms with Gasteiger partial charge < -0.3 is 5.32 Å². The summed E-state index contributed by atoms with van der Waals surface area (Å²) in [5.41, 5.74) is 0.641. The average Bonchev–Trinajstić information content (AvgIpc) is 2.49. The Morgan fingerprint density at radius 1 is 1.00 bits per heavy atom. The summed E-state index contributed by atoms with van der Waals surface area (Å²) in [6.07, 6.45) is 0. The highest BCUT2D eigenvalue weighted by atomic mass is 35.5. The summed E-state index contributed by atoms with van der Waals surface area (Å²) < 4.78 is 47.3. The van der Waals surface area contributed by atoms with Gasteiger partial charge in [0.2, 0.25) is 9.84 Å². The second-order valence-electron chi connectivity index (χ2n) is 4.29. The van der Waals surface area contributed by atoms with Crippen molar-refractivity contribution < 1.29 is 22.0 Å². The third-order valence-electron chi connectivity index (χ3n) is 2.78. The largest absolute Gasteiger partial charge is 0.341 e. The van der Waals surface area contributed by atoms with Crippen molar-refractivity contribution in [3.05, 3.63) is 59.1 Å². The van der Waals surface area contributed by atoms with Crippen molar-refractivity contribution in [1.82, 2.24) is 0 Å². The average molecular weight is 346 g/mol. The molecule has 0 aliphatic heterocycles. The number of hydrogen-bond donors (Lipinski definition) is 1. The number of rotatable bonds is 4. The van der Waals surface area contributed by atoms with E-state index in [4.69, 9.17) is 11.6 Å². The SMILES string of the molecule is O=C(Nc1ccc(Cl)cc1)c1ccc(S(=O)(=O)C(F)F)cc1. The summed E-state index contributed by atoms with van der Waals surface area (Å²) in [5, 5.41) is 3.08. The standard InChI is InChI=1S/C14H10ClF2NO3S/c15-10-3-5-11(6-4-10)18-13(19)9-1-7-12(8-2-9)22(20,21)14(16)17/h1-8,14H,(H,18,19). The number of halogens is 3. The van der Waals surface area contributed by atoms with Gasteiger partial charge in [0, 0.05) is 16.3 Å². The van der Waals surface area contributed by atoms with Crippen LogP contribution < -0.4 is 5.32 Å². The Morgan fingerprint density at radius 3 is 2.05 bits per heavy atom. The smallest absolute Gasteiger partial charge is 0.322 e. The lowest BCUT2D eigenvalue weighted by molar-refractivity contribution is 0.102. The summed E-state index contributed by atoms with van der Waals surface area (Å²) >= 11 is 5.72. The number of anilines is 1. The molecule has 4 nitrogen and oxygen atoms in total. The Bertz CT molecular complexity index is 775. The zero-order chi connectivity index (χ0) is 16.3. The summed E-state index contributed by atoms with van der Waals surface area (Å²) in [4.78, 5) is 11.4. The van der Waals surface area contributed by atoms with E-state index in [0.29, 0.717) is 10.7 Å². The van der Waals surface area contributed by atoms with E-state index in [1.54, 1.807) is 24.3 Å². The Balaban J connectivity index is 2.16. The zero-order valence-electron chi connectivity index (χ0n) is 11.0. The van der Waals surface area contributed by atoms with Crippen molar-refractivity contribution in [3.8, 4) is 0 Å². The summed E-state index contributed by atoms with van der Waals surface area (Å²) in [5.74, 6) is -4.00. The molecule has 0 aliphatic carbocycles. The summed E-state index contributed by atoms with van der Waals surface area (Å²) in [7, 11) is -4.66. The van der Waals surface area contributed by atoms with Gasteiger partial charge in [0.25, 0.3) is 5.91 Å². The molecule has 0 unspecified atom stereocenters. The van der Waals surface area contributed by atoms with Gasteiger partial charge in [-0.15, -0.1) is 0 Å². The Hall–Kier alpha value is -1.99. The molecule has 2 aromatic carbocycles. The molecule has 0 aromatic heterocycles. The maximum Gasteiger partial charge on any atom is 0.341 e. The summed E-state index contributed by atoms with van der Waals surface area (Å²) in [6, 6.07) is 10.6. The Kier molecular flexibility index (Phi) is 4.77. The topological polar surface area (TPSA) is 63.2 Å². The summed E-state index contributed by atoms with van der Waals surface area (Å²) in [6.45, 7) is 0. The van der Waals surface area contributed by atoms with E-state index in [1.807, 2.05) is 0 Å². The van der Waals surface area contributed by atoms with E-state index >= 15 is 0 Å². The lowest BCUT2D eigenvalue weighted by Gasteiger charge is -2.07. The van der Waals surface area contributed by atoms with Crippen molar-refractivity contribution in [3.63, 3.8) is 0 Å².